The van der Waals surface area contributed by atoms with Gasteiger partial charge in [0.15, 0.2) is 0 Å². The van der Waals surface area contributed by atoms with Gasteiger partial charge in [0.05, 0.1) is 0 Å². The van der Waals surface area contributed by atoms with Gasteiger partial charge in [-0.05, 0) is 19.7 Å². The summed E-state index contributed by atoms with van der Waals surface area (Å²) in [7, 11) is 2.94. The van der Waals surface area contributed by atoms with Crippen molar-refractivity contribution < 1.29 is 4.65 Å². The van der Waals surface area contributed by atoms with Gasteiger partial charge in [-0.2, -0.15) is 0 Å². The van der Waals surface area contributed by atoms with Gasteiger partial charge in [-0.1, -0.05) is 13.8 Å². The molecule has 0 aromatic heterocycles. The van der Waals surface area contributed by atoms with Crippen LogP contribution in [-0.4, -0.2) is 20.8 Å². The molecule has 0 saturated heterocycles. The van der Waals surface area contributed by atoms with Crippen LogP contribution in [-0.2, 0) is 4.65 Å². The van der Waals surface area contributed by atoms with E-state index in [0.29, 0.717) is 5.82 Å². The first-order valence-electron chi connectivity index (χ1n) is 3.56. The molecule has 0 heterocycles. The van der Waals surface area contributed by atoms with Crippen LogP contribution in [0.25, 0.3) is 0 Å². The quantitative estimate of drug-likeness (QED) is 0.501. The lowest BCUT2D eigenvalue weighted by atomic mass is 9.78. The van der Waals surface area contributed by atoms with Crippen LogP contribution in [0.3, 0.4) is 0 Å². The summed E-state index contributed by atoms with van der Waals surface area (Å²) in [6.45, 7) is 8.47. The molecule has 0 N–H and O–H groups in total. The summed E-state index contributed by atoms with van der Waals surface area (Å²) >= 11 is 0. The van der Waals surface area contributed by atoms with E-state index in [0.717, 1.165) is 7.48 Å². The fourth-order valence-electron chi connectivity index (χ4n) is 0.417. The van der Waals surface area contributed by atoms with Gasteiger partial charge >= 0.3 is 0 Å². The van der Waals surface area contributed by atoms with E-state index in [9.17, 15) is 0 Å². The Balaban J connectivity index is 3.28. The normalized spacial score (nSPS) is 12.1. The Morgan fingerprint density at radius 3 is 2.00 bits per heavy atom. The van der Waals surface area contributed by atoms with Crippen molar-refractivity contribution in [3.63, 3.8) is 0 Å². The molecule has 0 atom stereocenters. The first kappa shape index (κ1) is 9.09. The topological polar surface area (TPSA) is 9.23 Å². The van der Waals surface area contributed by atoms with E-state index in [1.54, 1.807) is 0 Å². The van der Waals surface area contributed by atoms with Gasteiger partial charge in [0.25, 0.3) is 7.48 Å². The maximum absolute atomic E-state index is 5.49. The molecule has 0 aromatic carbocycles. The van der Waals surface area contributed by atoms with Gasteiger partial charge in [-0.3, -0.25) is 0 Å². The maximum atomic E-state index is 5.49. The molecule has 0 unspecified atom stereocenters. The Kier molecular flexibility index (Phi) is 3.34. The van der Waals surface area contributed by atoms with E-state index in [1.165, 1.54) is 0 Å². The molecule has 9 heavy (non-hydrogen) atoms. The van der Waals surface area contributed by atoms with Crippen LogP contribution in [0.5, 0.6) is 0 Å². The largest absolute Gasteiger partial charge is 0.442 e. The molecule has 0 saturated carbocycles. The zero-order chi connectivity index (χ0) is 7.49. The Hall–Kier alpha value is 0.0899. The SMILES string of the molecule is BC(C)(C)OBC(C)C. The van der Waals surface area contributed by atoms with Crippen molar-refractivity contribution in [1.29, 1.82) is 0 Å². The second kappa shape index (κ2) is 3.31. The molecule has 0 aliphatic carbocycles. The van der Waals surface area contributed by atoms with E-state index in [1.807, 2.05) is 0 Å². The van der Waals surface area contributed by atoms with E-state index < -0.39 is 0 Å². The molecule has 52 valence electrons. The van der Waals surface area contributed by atoms with Gasteiger partial charge in [0.1, 0.15) is 7.85 Å². The van der Waals surface area contributed by atoms with E-state index in [4.69, 9.17) is 4.65 Å². The van der Waals surface area contributed by atoms with Crippen molar-refractivity contribution >= 4 is 15.3 Å². The highest BCUT2D eigenvalue weighted by atomic mass is 16.4. The van der Waals surface area contributed by atoms with Crippen LogP contribution < -0.4 is 0 Å². The highest BCUT2D eigenvalue weighted by molar-refractivity contribution is 6.31. The minimum Gasteiger partial charge on any atom is -0.442 e. The summed E-state index contributed by atoms with van der Waals surface area (Å²) in [5.74, 6) is 0.643. The smallest absolute Gasteiger partial charge is 0.277 e. The molecule has 0 aliphatic rings. The monoisotopic (exact) mass is 126 g/mol. The van der Waals surface area contributed by atoms with Crippen LogP contribution in [0.1, 0.15) is 27.7 Å². The van der Waals surface area contributed by atoms with Crippen molar-refractivity contribution in [3.05, 3.63) is 0 Å². The fourth-order valence-corrected chi connectivity index (χ4v) is 0.417. The van der Waals surface area contributed by atoms with Crippen LogP contribution >= 0.6 is 0 Å². The summed E-state index contributed by atoms with van der Waals surface area (Å²) in [6.07, 6.45) is 0. The van der Waals surface area contributed by atoms with Crippen molar-refractivity contribution in [2.24, 2.45) is 0 Å². The third kappa shape index (κ3) is 8.09. The Bertz CT molecular complexity index is 75.6. The molecule has 3 heteroatoms. The minimum atomic E-state index is 0.0320. The maximum Gasteiger partial charge on any atom is 0.277 e. The molecular formula is C6H16B2O. The van der Waals surface area contributed by atoms with Crippen LogP contribution in [0.4, 0.5) is 0 Å². The fraction of sp³-hybridized carbons (Fsp3) is 1.00. The second-order valence-electron chi connectivity index (χ2n) is 3.82. The molecule has 0 aliphatic heterocycles. The summed E-state index contributed by atoms with van der Waals surface area (Å²) in [5.41, 5.74) is 0.0320. The Morgan fingerprint density at radius 1 is 1.44 bits per heavy atom. The summed E-state index contributed by atoms with van der Waals surface area (Å²) in [4.78, 5) is 0. The third-order valence-corrected chi connectivity index (χ3v) is 0.850. The third-order valence-electron chi connectivity index (χ3n) is 0.850. The average molecular weight is 126 g/mol. The zero-order valence-electron chi connectivity index (χ0n) is 7.19. The molecule has 0 aromatic rings. The van der Waals surface area contributed by atoms with Gasteiger partial charge in [-0.25, -0.2) is 0 Å². The van der Waals surface area contributed by atoms with Gasteiger partial charge < -0.3 is 4.65 Å². The van der Waals surface area contributed by atoms with Crippen molar-refractivity contribution in [1.82, 2.24) is 0 Å². The highest BCUT2D eigenvalue weighted by Gasteiger charge is 2.10. The molecule has 0 fully saturated rings. The Morgan fingerprint density at radius 2 is 1.89 bits per heavy atom. The molecule has 1 nitrogen and oxygen atoms in total. The van der Waals surface area contributed by atoms with E-state index >= 15 is 0 Å². The number of hydrogen-bond acceptors (Lipinski definition) is 1. The number of hydrogen-bond donors (Lipinski definition) is 0. The molecular weight excluding hydrogens is 110 g/mol. The van der Waals surface area contributed by atoms with E-state index in [-0.39, 0.29) is 5.50 Å². The van der Waals surface area contributed by atoms with Gasteiger partial charge in [0.2, 0.25) is 0 Å². The average Bonchev–Trinajstić information content (AvgIpc) is 1.59. The number of rotatable bonds is 3. The summed E-state index contributed by atoms with van der Waals surface area (Å²) < 4.78 is 5.49. The first-order chi connectivity index (χ1) is 3.92. The lowest BCUT2D eigenvalue weighted by Gasteiger charge is -2.20. The van der Waals surface area contributed by atoms with E-state index in [2.05, 4.69) is 35.5 Å². The van der Waals surface area contributed by atoms with Crippen LogP contribution in [0.15, 0.2) is 0 Å². The molecule has 0 radical (unpaired) electrons. The molecule has 0 spiro atoms. The molecule has 0 rings (SSSR count). The van der Waals surface area contributed by atoms with Crippen molar-refractivity contribution in [2.75, 3.05) is 0 Å². The lowest BCUT2D eigenvalue weighted by Crippen LogP contribution is -2.27. The van der Waals surface area contributed by atoms with Gasteiger partial charge in [-0.15, -0.1) is 0 Å². The Labute approximate surface area is 59.9 Å². The first-order valence-corrected chi connectivity index (χ1v) is 3.56. The zero-order valence-corrected chi connectivity index (χ0v) is 7.19. The standard InChI is InChI=1S/C6H16B2O/c1-5(2)8-9-6(3,4)7/h5,8H,7H2,1-4H3. The second-order valence-corrected chi connectivity index (χ2v) is 3.82. The van der Waals surface area contributed by atoms with Gasteiger partial charge in [0, 0.05) is 5.50 Å². The van der Waals surface area contributed by atoms with Crippen LogP contribution in [0, 0.1) is 0 Å². The van der Waals surface area contributed by atoms with Crippen LogP contribution in [0.2, 0.25) is 5.82 Å². The lowest BCUT2D eigenvalue weighted by molar-refractivity contribution is 0.206. The molecule has 0 bridgehead atoms. The predicted octanol–water partition coefficient (Wildman–Crippen LogP) is 0.552. The van der Waals surface area contributed by atoms with Crippen molar-refractivity contribution in [2.45, 2.75) is 39.0 Å². The summed E-state index contributed by atoms with van der Waals surface area (Å²) in [5, 5.41) is 0. The predicted molar refractivity (Wildman–Crippen MR) is 46.0 cm³/mol. The van der Waals surface area contributed by atoms with Crippen molar-refractivity contribution in [3.8, 4) is 0 Å². The summed E-state index contributed by atoms with van der Waals surface area (Å²) in [6, 6.07) is 0. The minimum absolute atomic E-state index is 0.0320. The highest BCUT2D eigenvalue weighted by Crippen LogP contribution is 2.06. The molecule has 0 amide bonds.